The highest BCUT2D eigenvalue weighted by Gasteiger charge is 2.34. The normalized spacial score (nSPS) is 16.0. The maximum Gasteiger partial charge on any atom is 0.338 e. The van der Waals surface area contributed by atoms with Crippen molar-refractivity contribution in [1.29, 1.82) is 5.41 Å². The molecule has 1 aromatic heterocycles. The van der Waals surface area contributed by atoms with Gasteiger partial charge in [-0.2, -0.15) is 0 Å². The number of nitrogens with zero attached hydrogens (tertiary/aromatic N) is 1. The van der Waals surface area contributed by atoms with Crippen molar-refractivity contribution in [2.75, 3.05) is 18.3 Å². The van der Waals surface area contributed by atoms with Crippen LogP contribution in [0.15, 0.2) is 63.9 Å². The zero-order valence-corrected chi connectivity index (χ0v) is 18.3. The van der Waals surface area contributed by atoms with Crippen LogP contribution in [0.2, 0.25) is 0 Å². The van der Waals surface area contributed by atoms with Crippen LogP contribution in [0.3, 0.4) is 0 Å². The van der Waals surface area contributed by atoms with E-state index < -0.39 is 0 Å². The van der Waals surface area contributed by atoms with E-state index in [4.69, 9.17) is 24.0 Å². The summed E-state index contributed by atoms with van der Waals surface area (Å²) < 4.78 is 21.6. The Labute approximate surface area is 193 Å². The topological polar surface area (TPSA) is 102 Å². The number of fused-ring (bicyclic) bond motifs is 1. The number of amidine groups is 1. The van der Waals surface area contributed by atoms with E-state index in [9.17, 15) is 9.59 Å². The van der Waals surface area contributed by atoms with Crippen LogP contribution in [0.4, 0.5) is 5.69 Å². The summed E-state index contributed by atoms with van der Waals surface area (Å²) in [7, 11) is 0. The average molecular weight is 462 g/mol. The molecular weight excluding hydrogens is 444 g/mol. The van der Waals surface area contributed by atoms with Crippen LogP contribution >= 0.6 is 11.8 Å². The summed E-state index contributed by atoms with van der Waals surface area (Å²) in [6.07, 6.45) is 1.62. The molecular formula is C24H18N2O6S. The van der Waals surface area contributed by atoms with Crippen molar-refractivity contribution in [3.05, 3.63) is 70.8 Å². The molecule has 33 heavy (non-hydrogen) atoms. The maximum absolute atomic E-state index is 13.0. The van der Waals surface area contributed by atoms with Crippen LogP contribution in [-0.2, 0) is 9.53 Å². The molecule has 1 amide bonds. The zero-order valence-electron chi connectivity index (χ0n) is 17.5. The van der Waals surface area contributed by atoms with Crippen LogP contribution in [0.1, 0.15) is 23.0 Å². The lowest BCUT2D eigenvalue weighted by Gasteiger charge is -2.14. The van der Waals surface area contributed by atoms with E-state index in [-0.39, 0.29) is 23.8 Å². The molecule has 1 saturated heterocycles. The number of nitrogens with one attached hydrogen (secondary N) is 1. The Morgan fingerprint density at radius 2 is 1.91 bits per heavy atom. The highest BCUT2D eigenvalue weighted by molar-refractivity contribution is 8.19. The van der Waals surface area contributed by atoms with Gasteiger partial charge in [-0.25, -0.2) is 4.79 Å². The largest absolute Gasteiger partial charge is 0.462 e. The third-order valence-corrected chi connectivity index (χ3v) is 5.91. The van der Waals surface area contributed by atoms with Crippen molar-refractivity contribution in [2.45, 2.75) is 6.92 Å². The maximum atomic E-state index is 13.0. The number of hydrogen-bond acceptors (Lipinski definition) is 8. The molecule has 0 radical (unpaired) electrons. The summed E-state index contributed by atoms with van der Waals surface area (Å²) in [5.41, 5.74) is 1.78. The second-order valence-electron chi connectivity index (χ2n) is 7.09. The van der Waals surface area contributed by atoms with Crippen LogP contribution in [0, 0.1) is 5.41 Å². The van der Waals surface area contributed by atoms with E-state index in [1.807, 2.05) is 0 Å². The fourth-order valence-electron chi connectivity index (χ4n) is 3.45. The van der Waals surface area contributed by atoms with Crippen molar-refractivity contribution in [1.82, 2.24) is 0 Å². The molecule has 2 aromatic carbocycles. The van der Waals surface area contributed by atoms with Crippen molar-refractivity contribution in [3.8, 4) is 22.8 Å². The SMILES string of the molecule is CCOC(=O)c1ccc(-c2ccc(/C=C3\SC(=N)N(c4ccc5c(c4)OCO5)C3=O)o2)cc1. The Balaban J connectivity index is 1.35. The Kier molecular flexibility index (Phi) is 5.39. The molecule has 166 valence electrons. The van der Waals surface area contributed by atoms with Gasteiger partial charge in [-0.1, -0.05) is 12.1 Å². The summed E-state index contributed by atoms with van der Waals surface area (Å²) in [6.45, 7) is 2.21. The number of ether oxygens (including phenoxy) is 3. The molecule has 2 aliphatic heterocycles. The molecule has 1 fully saturated rings. The smallest absolute Gasteiger partial charge is 0.338 e. The van der Waals surface area contributed by atoms with Gasteiger partial charge < -0.3 is 18.6 Å². The van der Waals surface area contributed by atoms with Gasteiger partial charge >= 0.3 is 5.97 Å². The van der Waals surface area contributed by atoms with Gasteiger partial charge in [0.05, 0.1) is 22.8 Å². The molecule has 0 saturated carbocycles. The van der Waals surface area contributed by atoms with Gasteiger partial charge in [0, 0.05) is 17.7 Å². The Hall–Kier alpha value is -3.98. The third kappa shape index (κ3) is 3.98. The molecule has 0 spiro atoms. The number of hydrogen-bond donors (Lipinski definition) is 1. The minimum atomic E-state index is -0.375. The molecule has 3 aromatic rings. The fraction of sp³-hybridized carbons (Fsp3) is 0.125. The van der Waals surface area contributed by atoms with E-state index in [0.717, 1.165) is 17.3 Å². The van der Waals surface area contributed by atoms with Gasteiger partial charge in [0.15, 0.2) is 16.7 Å². The second-order valence-corrected chi connectivity index (χ2v) is 8.12. The molecule has 1 N–H and O–H groups in total. The van der Waals surface area contributed by atoms with E-state index in [2.05, 4.69) is 0 Å². The standard InChI is InChI=1S/C24H18N2O6S/c1-2-29-23(28)15-5-3-14(4-6-15)18-10-8-17(32-18)12-21-22(27)26(24(25)33-21)16-7-9-19-20(11-16)31-13-30-19/h3-12,25H,2,13H2,1H3/b21-12-,25-24?. The predicted molar refractivity (Wildman–Crippen MR) is 123 cm³/mol. The first-order valence-corrected chi connectivity index (χ1v) is 10.9. The van der Waals surface area contributed by atoms with E-state index in [1.165, 1.54) is 4.90 Å². The van der Waals surface area contributed by atoms with Crippen molar-refractivity contribution < 1.29 is 28.2 Å². The number of carbonyl (C=O) groups is 2. The van der Waals surface area contributed by atoms with E-state index in [1.54, 1.807) is 67.6 Å². The van der Waals surface area contributed by atoms with Crippen LogP contribution in [0.5, 0.6) is 11.5 Å². The highest BCUT2D eigenvalue weighted by atomic mass is 32.2. The van der Waals surface area contributed by atoms with Crippen LogP contribution in [0.25, 0.3) is 17.4 Å². The molecule has 3 heterocycles. The number of carbonyl (C=O) groups excluding carboxylic acids is 2. The molecule has 0 bridgehead atoms. The van der Waals surface area contributed by atoms with Gasteiger partial charge in [0.25, 0.3) is 5.91 Å². The Morgan fingerprint density at radius 3 is 2.70 bits per heavy atom. The number of esters is 1. The quantitative estimate of drug-likeness (QED) is 0.425. The Morgan fingerprint density at radius 1 is 1.12 bits per heavy atom. The highest BCUT2D eigenvalue weighted by Crippen LogP contribution is 2.40. The number of thioether (sulfide) groups is 1. The zero-order chi connectivity index (χ0) is 22.9. The molecule has 2 aliphatic rings. The number of anilines is 1. The van der Waals surface area contributed by atoms with Gasteiger partial charge in [-0.3, -0.25) is 15.1 Å². The Bertz CT molecular complexity index is 1290. The lowest BCUT2D eigenvalue weighted by Crippen LogP contribution is -2.28. The first-order valence-electron chi connectivity index (χ1n) is 10.1. The number of amides is 1. The van der Waals surface area contributed by atoms with Gasteiger partial charge in [0.1, 0.15) is 11.5 Å². The molecule has 9 heteroatoms. The summed E-state index contributed by atoms with van der Waals surface area (Å²) in [5, 5.41) is 8.37. The summed E-state index contributed by atoms with van der Waals surface area (Å²) in [4.78, 5) is 26.5. The predicted octanol–water partition coefficient (Wildman–Crippen LogP) is 4.91. The van der Waals surface area contributed by atoms with Crippen molar-refractivity contribution in [3.63, 3.8) is 0 Å². The van der Waals surface area contributed by atoms with Gasteiger partial charge in [-0.15, -0.1) is 0 Å². The minimum absolute atomic E-state index is 0.0893. The van der Waals surface area contributed by atoms with E-state index >= 15 is 0 Å². The number of benzene rings is 2. The van der Waals surface area contributed by atoms with Gasteiger partial charge in [-0.05, 0) is 55.1 Å². The second kappa shape index (κ2) is 8.51. The van der Waals surface area contributed by atoms with E-state index in [0.29, 0.717) is 45.8 Å². The molecule has 0 atom stereocenters. The fourth-order valence-corrected chi connectivity index (χ4v) is 4.29. The summed E-state index contributed by atoms with van der Waals surface area (Å²) in [6, 6.07) is 15.6. The minimum Gasteiger partial charge on any atom is -0.462 e. The first-order chi connectivity index (χ1) is 16.0. The average Bonchev–Trinajstić information content (AvgIpc) is 3.53. The molecule has 8 nitrogen and oxygen atoms in total. The first kappa shape index (κ1) is 20.9. The number of rotatable bonds is 5. The van der Waals surface area contributed by atoms with Gasteiger partial charge in [0.2, 0.25) is 6.79 Å². The monoisotopic (exact) mass is 462 g/mol. The van der Waals surface area contributed by atoms with Crippen LogP contribution in [-0.4, -0.2) is 30.4 Å². The summed E-state index contributed by atoms with van der Waals surface area (Å²) >= 11 is 1.06. The number of furan rings is 1. The molecule has 0 unspecified atom stereocenters. The van der Waals surface area contributed by atoms with Crippen LogP contribution < -0.4 is 14.4 Å². The lowest BCUT2D eigenvalue weighted by atomic mass is 10.1. The van der Waals surface area contributed by atoms with Crippen molar-refractivity contribution >= 4 is 40.6 Å². The molecule has 0 aliphatic carbocycles. The molecule has 5 rings (SSSR count). The summed E-state index contributed by atoms with van der Waals surface area (Å²) in [5.74, 6) is 1.53. The third-order valence-electron chi connectivity index (χ3n) is 5.02. The lowest BCUT2D eigenvalue weighted by molar-refractivity contribution is -0.113. The van der Waals surface area contributed by atoms with Crippen molar-refractivity contribution in [2.24, 2.45) is 0 Å².